The average molecular weight is 253 g/mol. The van der Waals surface area contributed by atoms with Crippen LogP contribution in [-0.4, -0.2) is 36.2 Å². The highest BCUT2D eigenvalue weighted by Gasteiger charge is 2.13. The molecule has 5 heteroatoms. The van der Waals surface area contributed by atoms with E-state index in [-0.39, 0.29) is 12.9 Å². The summed E-state index contributed by atoms with van der Waals surface area (Å²) in [6.07, 6.45) is 4.78. The smallest absolute Gasteiger partial charge is 0.157 e. The Hall–Kier alpha value is -1.17. The normalized spacial score (nSPS) is 19.7. The van der Waals surface area contributed by atoms with Gasteiger partial charge in [-0.05, 0) is 31.4 Å². The Labute approximate surface area is 107 Å². The molecule has 0 radical (unpaired) electrons. The zero-order valence-electron chi connectivity index (χ0n) is 10.4. The Morgan fingerprint density at radius 2 is 2.28 bits per heavy atom. The highest BCUT2D eigenvalue weighted by Crippen LogP contribution is 2.14. The highest BCUT2D eigenvalue weighted by atomic mass is 16.7. The van der Waals surface area contributed by atoms with Gasteiger partial charge in [-0.2, -0.15) is 0 Å². The maximum Gasteiger partial charge on any atom is 0.157 e. The second-order valence-corrected chi connectivity index (χ2v) is 4.16. The van der Waals surface area contributed by atoms with E-state index in [1.54, 1.807) is 18.3 Å². The first kappa shape index (κ1) is 13.3. The van der Waals surface area contributed by atoms with Crippen LogP contribution in [0.4, 0.5) is 0 Å². The van der Waals surface area contributed by atoms with Crippen molar-refractivity contribution >= 4 is 0 Å². The molecule has 0 saturated carbocycles. The van der Waals surface area contributed by atoms with Crippen LogP contribution in [0.1, 0.15) is 25.0 Å². The minimum absolute atomic E-state index is 0.0532. The van der Waals surface area contributed by atoms with E-state index in [1.165, 1.54) is 0 Å². The maximum absolute atomic E-state index is 8.85. The van der Waals surface area contributed by atoms with Crippen LogP contribution in [-0.2, 0) is 16.1 Å². The molecule has 0 bridgehead atoms. The molecule has 2 heterocycles. The number of ether oxygens (including phenoxy) is 3. The lowest BCUT2D eigenvalue weighted by Gasteiger charge is -2.22. The third-order valence-electron chi connectivity index (χ3n) is 2.75. The van der Waals surface area contributed by atoms with Crippen LogP contribution >= 0.6 is 0 Å². The number of hydrogen-bond acceptors (Lipinski definition) is 5. The van der Waals surface area contributed by atoms with Gasteiger partial charge in [-0.15, -0.1) is 0 Å². The molecule has 100 valence electrons. The lowest BCUT2D eigenvalue weighted by Crippen LogP contribution is -2.24. The van der Waals surface area contributed by atoms with Crippen LogP contribution in [0.25, 0.3) is 0 Å². The number of hydrogen-bond donors (Lipinski definition) is 1. The van der Waals surface area contributed by atoms with E-state index in [4.69, 9.17) is 19.3 Å². The zero-order valence-corrected chi connectivity index (χ0v) is 10.4. The summed E-state index contributed by atoms with van der Waals surface area (Å²) in [6.45, 7) is 1.72. The van der Waals surface area contributed by atoms with E-state index >= 15 is 0 Å². The van der Waals surface area contributed by atoms with E-state index in [1.807, 2.05) is 0 Å². The van der Waals surface area contributed by atoms with Crippen molar-refractivity contribution in [1.82, 2.24) is 4.98 Å². The van der Waals surface area contributed by atoms with Crippen LogP contribution in [0, 0.1) is 0 Å². The fourth-order valence-electron chi connectivity index (χ4n) is 1.77. The van der Waals surface area contributed by atoms with Crippen LogP contribution in [0.5, 0.6) is 5.75 Å². The fourth-order valence-corrected chi connectivity index (χ4v) is 1.77. The van der Waals surface area contributed by atoms with Crippen molar-refractivity contribution in [3.63, 3.8) is 0 Å². The van der Waals surface area contributed by atoms with Crippen LogP contribution in [0.3, 0.4) is 0 Å². The second-order valence-electron chi connectivity index (χ2n) is 4.16. The monoisotopic (exact) mass is 253 g/mol. The van der Waals surface area contributed by atoms with Gasteiger partial charge in [0.2, 0.25) is 0 Å². The summed E-state index contributed by atoms with van der Waals surface area (Å²) in [4.78, 5) is 4.03. The van der Waals surface area contributed by atoms with Gasteiger partial charge in [-0.1, -0.05) is 0 Å². The van der Waals surface area contributed by atoms with Crippen molar-refractivity contribution in [1.29, 1.82) is 0 Å². The molecule has 5 nitrogen and oxygen atoms in total. The van der Waals surface area contributed by atoms with Gasteiger partial charge in [-0.25, -0.2) is 0 Å². The molecule has 2 rings (SSSR count). The van der Waals surface area contributed by atoms with Crippen LogP contribution in [0.15, 0.2) is 18.3 Å². The molecule has 1 N–H and O–H groups in total. The van der Waals surface area contributed by atoms with Crippen molar-refractivity contribution in [2.24, 2.45) is 0 Å². The summed E-state index contributed by atoms with van der Waals surface area (Å²) in [5, 5.41) is 8.85. The molecule has 18 heavy (non-hydrogen) atoms. The minimum Gasteiger partial charge on any atom is -0.490 e. The summed E-state index contributed by atoms with van der Waals surface area (Å²) >= 11 is 0. The Morgan fingerprint density at radius 1 is 1.33 bits per heavy atom. The number of aromatic nitrogens is 1. The molecule has 0 aliphatic carbocycles. The van der Waals surface area contributed by atoms with Gasteiger partial charge in [0.1, 0.15) is 12.4 Å². The lowest BCUT2D eigenvalue weighted by atomic mass is 10.2. The number of aliphatic hydroxyl groups excluding tert-OH is 1. The Morgan fingerprint density at radius 3 is 2.94 bits per heavy atom. The molecule has 1 atom stereocenters. The first-order chi connectivity index (χ1) is 8.88. The van der Waals surface area contributed by atoms with E-state index in [2.05, 4.69) is 4.98 Å². The first-order valence-corrected chi connectivity index (χ1v) is 6.30. The summed E-state index contributed by atoms with van der Waals surface area (Å²) in [5.74, 6) is 0.681. The quantitative estimate of drug-likeness (QED) is 0.778. The molecule has 1 aliphatic heterocycles. The minimum atomic E-state index is -0.0720. The van der Waals surface area contributed by atoms with Crippen LogP contribution in [0.2, 0.25) is 0 Å². The van der Waals surface area contributed by atoms with Gasteiger partial charge < -0.3 is 19.3 Å². The number of pyridine rings is 1. The maximum atomic E-state index is 8.85. The highest BCUT2D eigenvalue weighted by molar-refractivity contribution is 5.19. The SMILES string of the molecule is OCc1ccc(OCCOC2CCCCO2)cn1. The van der Waals surface area contributed by atoms with E-state index < -0.39 is 0 Å². The molecule has 0 spiro atoms. The second kappa shape index (κ2) is 7.31. The molecule has 1 aliphatic rings. The Bertz CT molecular complexity index is 335. The molecule has 1 aromatic heterocycles. The van der Waals surface area contributed by atoms with Crippen molar-refractivity contribution in [2.75, 3.05) is 19.8 Å². The van der Waals surface area contributed by atoms with Gasteiger partial charge in [0.15, 0.2) is 6.29 Å². The molecule has 1 aromatic rings. The van der Waals surface area contributed by atoms with Gasteiger partial charge >= 0.3 is 0 Å². The summed E-state index contributed by atoms with van der Waals surface area (Å²) < 4.78 is 16.5. The van der Waals surface area contributed by atoms with Gasteiger partial charge in [0.25, 0.3) is 0 Å². The summed E-state index contributed by atoms with van der Waals surface area (Å²) in [6, 6.07) is 3.52. The summed E-state index contributed by atoms with van der Waals surface area (Å²) in [5.41, 5.74) is 0.634. The topological polar surface area (TPSA) is 60.8 Å². The van der Waals surface area contributed by atoms with Crippen molar-refractivity contribution < 1.29 is 19.3 Å². The molecule has 1 saturated heterocycles. The van der Waals surface area contributed by atoms with Crippen LogP contribution < -0.4 is 4.74 Å². The van der Waals surface area contributed by atoms with Crippen molar-refractivity contribution in [3.05, 3.63) is 24.0 Å². The molecule has 0 amide bonds. The number of nitrogens with zero attached hydrogens (tertiary/aromatic N) is 1. The van der Waals surface area contributed by atoms with Gasteiger partial charge in [0.05, 0.1) is 25.1 Å². The van der Waals surface area contributed by atoms with Crippen molar-refractivity contribution in [2.45, 2.75) is 32.2 Å². The standard InChI is InChI=1S/C13H19NO4/c15-10-11-4-5-12(9-14-11)16-7-8-18-13-3-1-2-6-17-13/h4-5,9,13,15H,1-3,6-8,10H2. The third-order valence-corrected chi connectivity index (χ3v) is 2.75. The van der Waals surface area contributed by atoms with E-state index in [0.717, 1.165) is 25.9 Å². The molecular weight excluding hydrogens is 234 g/mol. The first-order valence-electron chi connectivity index (χ1n) is 6.30. The Balaban J connectivity index is 1.62. The molecule has 0 aromatic carbocycles. The van der Waals surface area contributed by atoms with E-state index in [9.17, 15) is 0 Å². The average Bonchev–Trinajstić information content (AvgIpc) is 2.45. The van der Waals surface area contributed by atoms with E-state index in [0.29, 0.717) is 24.7 Å². The van der Waals surface area contributed by atoms with Crippen molar-refractivity contribution in [3.8, 4) is 5.75 Å². The van der Waals surface area contributed by atoms with Gasteiger partial charge in [-0.3, -0.25) is 4.98 Å². The predicted molar refractivity (Wildman–Crippen MR) is 65.2 cm³/mol. The predicted octanol–water partition coefficient (Wildman–Crippen LogP) is 1.50. The Kier molecular flexibility index (Phi) is 5.38. The lowest BCUT2D eigenvalue weighted by molar-refractivity contribution is -0.165. The molecule has 1 unspecified atom stereocenters. The molecule has 1 fully saturated rings. The molecular formula is C13H19NO4. The number of rotatable bonds is 6. The zero-order chi connectivity index (χ0) is 12.6. The summed E-state index contributed by atoms with van der Waals surface area (Å²) in [7, 11) is 0. The fraction of sp³-hybridized carbons (Fsp3) is 0.615. The third kappa shape index (κ3) is 4.25. The van der Waals surface area contributed by atoms with Gasteiger partial charge in [0, 0.05) is 6.61 Å². The largest absolute Gasteiger partial charge is 0.490 e. The number of aliphatic hydroxyl groups is 1.